The minimum Gasteiger partial charge on any atom is -0.507 e. The molecule has 1 fully saturated rings. The summed E-state index contributed by atoms with van der Waals surface area (Å²) in [6.07, 6.45) is 3.12. The summed E-state index contributed by atoms with van der Waals surface area (Å²) in [7, 11) is 0. The van der Waals surface area contributed by atoms with E-state index in [1.165, 1.54) is 5.56 Å². The molecule has 0 bridgehead atoms. The molecular formula is C19H23N3O2. The highest BCUT2D eigenvalue weighted by Crippen LogP contribution is 2.37. The van der Waals surface area contributed by atoms with Crippen molar-refractivity contribution in [3.05, 3.63) is 56.3 Å². The monoisotopic (exact) mass is 325 g/mol. The zero-order chi connectivity index (χ0) is 16.8. The second-order valence-electron chi connectivity index (χ2n) is 7.19. The van der Waals surface area contributed by atoms with Gasteiger partial charge in [0.05, 0.1) is 11.3 Å². The van der Waals surface area contributed by atoms with Crippen LogP contribution in [0, 0.1) is 13.8 Å². The highest BCUT2D eigenvalue weighted by molar-refractivity contribution is 5.42. The predicted octanol–water partition coefficient (Wildman–Crippen LogP) is 2.53. The van der Waals surface area contributed by atoms with Gasteiger partial charge in [-0.2, -0.15) is 0 Å². The molecule has 5 nitrogen and oxygen atoms in total. The number of benzene rings is 1. The van der Waals surface area contributed by atoms with Crippen molar-refractivity contribution >= 4 is 0 Å². The molecule has 0 atom stereocenters. The number of phenols is 1. The van der Waals surface area contributed by atoms with Gasteiger partial charge in [0.2, 0.25) is 0 Å². The zero-order valence-corrected chi connectivity index (χ0v) is 14.2. The van der Waals surface area contributed by atoms with E-state index in [0.29, 0.717) is 18.2 Å². The lowest BCUT2D eigenvalue weighted by molar-refractivity contribution is 0.241. The Bertz CT molecular complexity index is 829. The van der Waals surface area contributed by atoms with Crippen molar-refractivity contribution in [2.24, 2.45) is 0 Å². The molecule has 4 rings (SSSR count). The first-order valence-electron chi connectivity index (χ1n) is 8.64. The largest absolute Gasteiger partial charge is 0.507 e. The quantitative estimate of drug-likeness (QED) is 0.910. The van der Waals surface area contributed by atoms with Crippen LogP contribution in [-0.2, 0) is 19.5 Å². The molecule has 1 saturated carbocycles. The van der Waals surface area contributed by atoms with Crippen molar-refractivity contribution in [2.75, 3.05) is 6.54 Å². The summed E-state index contributed by atoms with van der Waals surface area (Å²) in [5, 5.41) is 9.91. The molecule has 2 aromatic rings. The molecule has 0 spiro atoms. The summed E-state index contributed by atoms with van der Waals surface area (Å²) >= 11 is 0. The number of rotatable bonds is 3. The van der Waals surface area contributed by atoms with Crippen LogP contribution in [0.15, 0.2) is 16.9 Å². The number of hydrogen-bond donors (Lipinski definition) is 2. The number of aromatic amines is 1. The van der Waals surface area contributed by atoms with Crippen molar-refractivity contribution in [1.82, 2.24) is 14.9 Å². The second kappa shape index (κ2) is 5.74. The average molecular weight is 325 g/mol. The first kappa shape index (κ1) is 15.4. The summed E-state index contributed by atoms with van der Waals surface area (Å²) in [6.45, 7) is 6.18. The van der Waals surface area contributed by atoms with E-state index in [4.69, 9.17) is 4.98 Å². The first-order chi connectivity index (χ1) is 11.5. The van der Waals surface area contributed by atoms with Gasteiger partial charge in [0.1, 0.15) is 11.6 Å². The van der Waals surface area contributed by atoms with Crippen LogP contribution >= 0.6 is 0 Å². The third-order valence-electron chi connectivity index (χ3n) is 5.09. The van der Waals surface area contributed by atoms with Gasteiger partial charge in [0.15, 0.2) is 0 Å². The fourth-order valence-corrected chi connectivity index (χ4v) is 3.58. The number of fused-ring (bicyclic) bond motifs is 1. The number of H-pyrrole nitrogens is 1. The maximum Gasteiger partial charge on any atom is 0.255 e. The minimum atomic E-state index is 0.0321. The number of nitrogens with zero attached hydrogens (tertiary/aromatic N) is 2. The number of nitrogens with one attached hydrogen (secondary N) is 1. The molecule has 2 N–H and O–H groups in total. The Morgan fingerprint density at radius 2 is 2.00 bits per heavy atom. The molecular weight excluding hydrogens is 302 g/mol. The topological polar surface area (TPSA) is 69.2 Å². The summed E-state index contributed by atoms with van der Waals surface area (Å²) in [5.41, 5.74) is 4.80. The molecule has 2 heterocycles. The van der Waals surface area contributed by atoms with E-state index in [-0.39, 0.29) is 5.56 Å². The van der Waals surface area contributed by atoms with Crippen molar-refractivity contribution in [2.45, 2.75) is 52.1 Å². The highest BCUT2D eigenvalue weighted by Gasteiger charge is 2.29. The maximum absolute atomic E-state index is 12.4. The molecule has 1 aliphatic carbocycles. The lowest BCUT2D eigenvalue weighted by Gasteiger charge is -2.28. The van der Waals surface area contributed by atoms with Gasteiger partial charge < -0.3 is 10.1 Å². The molecule has 1 aromatic carbocycles. The number of phenolic OH excluding ortho intramolecular Hbond substituents is 1. The van der Waals surface area contributed by atoms with E-state index in [1.807, 2.05) is 26.0 Å². The van der Waals surface area contributed by atoms with Crippen LogP contribution in [0.25, 0.3) is 0 Å². The highest BCUT2D eigenvalue weighted by atomic mass is 16.3. The van der Waals surface area contributed by atoms with Gasteiger partial charge >= 0.3 is 0 Å². The summed E-state index contributed by atoms with van der Waals surface area (Å²) in [6, 6.07) is 4.05. The van der Waals surface area contributed by atoms with E-state index in [1.54, 1.807) is 0 Å². The summed E-state index contributed by atoms with van der Waals surface area (Å²) in [5.74, 6) is 1.73. The molecule has 1 aliphatic heterocycles. The SMILES string of the molecule is Cc1cc(CN2CCc3nc(C4CC4)[nH]c(=O)c3C2)cc(C)c1O. The summed E-state index contributed by atoms with van der Waals surface area (Å²) < 4.78 is 0. The Labute approximate surface area is 141 Å². The van der Waals surface area contributed by atoms with Gasteiger partial charge in [-0.3, -0.25) is 9.69 Å². The molecule has 0 radical (unpaired) electrons. The van der Waals surface area contributed by atoms with Crippen molar-refractivity contribution in [1.29, 1.82) is 0 Å². The average Bonchev–Trinajstić information content (AvgIpc) is 3.38. The molecule has 0 unspecified atom stereocenters. The van der Waals surface area contributed by atoms with E-state index in [9.17, 15) is 9.90 Å². The minimum absolute atomic E-state index is 0.0321. The fourth-order valence-electron chi connectivity index (χ4n) is 3.58. The van der Waals surface area contributed by atoms with Gasteiger partial charge in [0.25, 0.3) is 5.56 Å². The Morgan fingerprint density at radius 1 is 1.29 bits per heavy atom. The zero-order valence-electron chi connectivity index (χ0n) is 14.2. The van der Waals surface area contributed by atoms with Crippen LogP contribution < -0.4 is 5.56 Å². The first-order valence-corrected chi connectivity index (χ1v) is 8.64. The van der Waals surface area contributed by atoms with Crippen LogP contribution in [-0.4, -0.2) is 26.5 Å². The molecule has 0 saturated heterocycles. The number of aromatic hydroxyl groups is 1. The van der Waals surface area contributed by atoms with E-state index >= 15 is 0 Å². The van der Waals surface area contributed by atoms with Crippen LogP contribution in [0.5, 0.6) is 5.75 Å². The van der Waals surface area contributed by atoms with Gasteiger partial charge in [-0.25, -0.2) is 4.98 Å². The van der Waals surface area contributed by atoms with Crippen LogP contribution in [0.1, 0.15) is 52.5 Å². The second-order valence-corrected chi connectivity index (χ2v) is 7.19. The third-order valence-corrected chi connectivity index (χ3v) is 5.09. The molecule has 24 heavy (non-hydrogen) atoms. The molecule has 0 amide bonds. The van der Waals surface area contributed by atoms with Crippen molar-refractivity contribution in [3.8, 4) is 5.75 Å². The predicted molar refractivity (Wildman–Crippen MR) is 92.2 cm³/mol. The number of aryl methyl sites for hydroxylation is 2. The Hall–Kier alpha value is -2.14. The lowest BCUT2D eigenvalue weighted by atomic mass is 10.0. The van der Waals surface area contributed by atoms with Crippen molar-refractivity contribution < 1.29 is 5.11 Å². The third kappa shape index (κ3) is 2.84. The van der Waals surface area contributed by atoms with Crippen LogP contribution in [0.4, 0.5) is 0 Å². The molecule has 5 heteroatoms. The normalized spacial score (nSPS) is 17.8. The van der Waals surface area contributed by atoms with Crippen LogP contribution in [0.3, 0.4) is 0 Å². The maximum atomic E-state index is 12.4. The smallest absolute Gasteiger partial charge is 0.255 e. The van der Waals surface area contributed by atoms with Crippen molar-refractivity contribution in [3.63, 3.8) is 0 Å². The van der Waals surface area contributed by atoms with Gasteiger partial charge in [-0.15, -0.1) is 0 Å². The molecule has 126 valence electrons. The Balaban J connectivity index is 1.55. The molecule has 2 aliphatic rings. The summed E-state index contributed by atoms with van der Waals surface area (Å²) in [4.78, 5) is 22.4. The van der Waals surface area contributed by atoms with E-state index in [2.05, 4.69) is 9.88 Å². The lowest BCUT2D eigenvalue weighted by Crippen LogP contribution is -2.35. The van der Waals surface area contributed by atoms with E-state index < -0.39 is 0 Å². The van der Waals surface area contributed by atoms with Crippen LogP contribution in [0.2, 0.25) is 0 Å². The Kier molecular flexibility index (Phi) is 3.68. The number of aromatic nitrogens is 2. The standard InChI is InChI=1S/C19H23N3O2/c1-11-7-13(8-12(2)17(11)23)9-22-6-5-16-15(10-22)19(24)21-18(20-16)14-3-4-14/h7-8,14,23H,3-6,9-10H2,1-2H3,(H,20,21,24). The van der Waals surface area contributed by atoms with Gasteiger partial charge in [0, 0.05) is 32.0 Å². The fraction of sp³-hybridized carbons (Fsp3) is 0.474. The van der Waals surface area contributed by atoms with Gasteiger partial charge in [-0.1, -0.05) is 12.1 Å². The number of hydrogen-bond acceptors (Lipinski definition) is 4. The van der Waals surface area contributed by atoms with Gasteiger partial charge in [-0.05, 0) is 43.4 Å². The molecule has 1 aromatic heterocycles. The van der Waals surface area contributed by atoms with E-state index in [0.717, 1.165) is 60.6 Å². The Morgan fingerprint density at radius 3 is 2.67 bits per heavy atom.